The predicted octanol–water partition coefficient (Wildman–Crippen LogP) is 4.40. The molecule has 0 bridgehead atoms. The van der Waals surface area contributed by atoms with Gasteiger partial charge in [-0.3, -0.25) is 0 Å². The van der Waals surface area contributed by atoms with E-state index in [1.54, 1.807) is 10.4 Å². The monoisotopic (exact) mass is 251 g/mol. The van der Waals surface area contributed by atoms with Crippen molar-refractivity contribution in [3.63, 3.8) is 0 Å². The van der Waals surface area contributed by atoms with Gasteiger partial charge in [0, 0.05) is 10.9 Å². The van der Waals surface area contributed by atoms with Crippen LogP contribution in [0.2, 0.25) is 0 Å². The van der Waals surface area contributed by atoms with E-state index in [0.29, 0.717) is 6.04 Å². The van der Waals surface area contributed by atoms with Crippen molar-refractivity contribution >= 4 is 11.3 Å². The maximum absolute atomic E-state index is 3.78. The van der Waals surface area contributed by atoms with E-state index in [-0.39, 0.29) is 0 Å². The Kier molecular flexibility index (Phi) is 4.63. The second-order valence-corrected chi connectivity index (χ2v) is 6.89. The van der Waals surface area contributed by atoms with Crippen LogP contribution in [0.5, 0.6) is 0 Å². The van der Waals surface area contributed by atoms with Gasteiger partial charge in [-0.25, -0.2) is 0 Å². The molecule has 0 saturated carbocycles. The zero-order chi connectivity index (χ0) is 12.3. The third-order valence-corrected chi connectivity index (χ3v) is 4.63. The van der Waals surface area contributed by atoms with Crippen LogP contribution in [0.4, 0.5) is 0 Å². The highest BCUT2D eigenvalue weighted by molar-refractivity contribution is 7.10. The van der Waals surface area contributed by atoms with Crippen LogP contribution in [0.15, 0.2) is 11.4 Å². The van der Waals surface area contributed by atoms with Gasteiger partial charge in [0.15, 0.2) is 0 Å². The molecule has 2 rings (SSSR count). The summed E-state index contributed by atoms with van der Waals surface area (Å²) in [5.74, 6) is 1.61. The second-order valence-electron chi connectivity index (χ2n) is 5.89. The first-order valence-corrected chi connectivity index (χ1v) is 7.84. The molecule has 1 N–H and O–H groups in total. The first kappa shape index (κ1) is 13.1. The first-order chi connectivity index (χ1) is 8.16. The fraction of sp³-hybridized carbons (Fsp3) is 0.733. The van der Waals surface area contributed by atoms with Gasteiger partial charge in [-0.1, -0.05) is 20.8 Å². The van der Waals surface area contributed by atoms with Gasteiger partial charge in [0.1, 0.15) is 0 Å². The molecule has 96 valence electrons. The molecule has 0 radical (unpaired) electrons. The summed E-state index contributed by atoms with van der Waals surface area (Å²) in [6, 6.07) is 2.95. The minimum absolute atomic E-state index is 0.625. The molecular formula is C15H25NS. The van der Waals surface area contributed by atoms with E-state index in [9.17, 15) is 0 Å². The molecule has 0 spiro atoms. The van der Waals surface area contributed by atoms with Gasteiger partial charge in [0.05, 0.1) is 0 Å². The zero-order valence-electron chi connectivity index (χ0n) is 11.3. The van der Waals surface area contributed by atoms with Crippen molar-refractivity contribution in [3.05, 3.63) is 21.9 Å². The normalized spacial score (nSPS) is 21.5. The third kappa shape index (κ3) is 3.56. The maximum atomic E-state index is 3.78. The van der Waals surface area contributed by atoms with Crippen molar-refractivity contribution in [2.24, 2.45) is 11.8 Å². The number of fused-ring (bicyclic) bond motifs is 1. The number of hydrogen-bond acceptors (Lipinski definition) is 2. The number of thiophene rings is 1. The third-order valence-electron chi connectivity index (χ3n) is 3.64. The molecular weight excluding hydrogens is 226 g/mol. The Labute approximate surface area is 110 Å². The van der Waals surface area contributed by atoms with Gasteiger partial charge in [0.2, 0.25) is 0 Å². The average Bonchev–Trinajstić information content (AvgIpc) is 2.73. The molecule has 1 aromatic heterocycles. The lowest BCUT2D eigenvalue weighted by atomic mass is 9.93. The quantitative estimate of drug-likeness (QED) is 0.818. The van der Waals surface area contributed by atoms with Crippen LogP contribution in [0, 0.1) is 11.8 Å². The van der Waals surface area contributed by atoms with Crippen LogP contribution in [-0.2, 0) is 6.42 Å². The van der Waals surface area contributed by atoms with Crippen LogP contribution >= 0.6 is 11.3 Å². The van der Waals surface area contributed by atoms with Gasteiger partial charge < -0.3 is 5.32 Å². The molecule has 2 unspecified atom stereocenters. The van der Waals surface area contributed by atoms with Crippen LogP contribution < -0.4 is 5.32 Å². The van der Waals surface area contributed by atoms with Crippen LogP contribution in [-0.4, -0.2) is 6.54 Å². The SMILES string of the molecule is CC(C)CC(C)CNC1CCCc2sccc21. The molecule has 0 aromatic carbocycles. The minimum atomic E-state index is 0.625. The van der Waals surface area contributed by atoms with Crippen molar-refractivity contribution in [2.45, 2.75) is 52.5 Å². The average molecular weight is 251 g/mol. The van der Waals surface area contributed by atoms with Crippen LogP contribution in [0.25, 0.3) is 0 Å². The van der Waals surface area contributed by atoms with Crippen LogP contribution in [0.1, 0.15) is 56.5 Å². The molecule has 1 aromatic rings. The lowest BCUT2D eigenvalue weighted by Crippen LogP contribution is -2.28. The van der Waals surface area contributed by atoms with E-state index >= 15 is 0 Å². The Morgan fingerprint density at radius 3 is 3.00 bits per heavy atom. The summed E-state index contributed by atoms with van der Waals surface area (Å²) in [6.07, 6.45) is 5.30. The first-order valence-electron chi connectivity index (χ1n) is 6.96. The molecule has 0 amide bonds. The molecule has 1 heterocycles. The molecule has 17 heavy (non-hydrogen) atoms. The van der Waals surface area contributed by atoms with Gasteiger partial charge in [-0.15, -0.1) is 11.3 Å². The Hall–Kier alpha value is -0.340. The van der Waals surface area contributed by atoms with Gasteiger partial charge in [-0.05, 0) is 61.1 Å². The van der Waals surface area contributed by atoms with Crippen molar-refractivity contribution in [1.29, 1.82) is 0 Å². The smallest absolute Gasteiger partial charge is 0.0331 e. The molecule has 0 fully saturated rings. The van der Waals surface area contributed by atoms with Crippen LogP contribution in [0.3, 0.4) is 0 Å². The highest BCUT2D eigenvalue weighted by atomic mass is 32.1. The Bertz CT molecular complexity index is 342. The van der Waals surface area contributed by atoms with Crippen molar-refractivity contribution in [1.82, 2.24) is 5.32 Å². The Balaban J connectivity index is 1.85. The van der Waals surface area contributed by atoms with E-state index < -0.39 is 0 Å². The number of nitrogens with one attached hydrogen (secondary N) is 1. The van der Waals surface area contributed by atoms with E-state index in [1.807, 2.05) is 11.3 Å². The topological polar surface area (TPSA) is 12.0 Å². The van der Waals surface area contributed by atoms with Gasteiger partial charge in [-0.2, -0.15) is 0 Å². The minimum Gasteiger partial charge on any atom is -0.310 e. The lowest BCUT2D eigenvalue weighted by Gasteiger charge is -2.25. The summed E-state index contributed by atoms with van der Waals surface area (Å²) in [5.41, 5.74) is 1.58. The summed E-state index contributed by atoms with van der Waals surface area (Å²) < 4.78 is 0. The van der Waals surface area contributed by atoms with Crippen molar-refractivity contribution in [3.8, 4) is 0 Å². The largest absolute Gasteiger partial charge is 0.310 e. The van der Waals surface area contributed by atoms with E-state index in [1.165, 1.54) is 25.7 Å². The maximum Gasteiger partial charge on any atom is 0.0331 e. The second kappa shape index (κ2) is 6.01. The summed E-state index contributed by atoms with van der Waals surface area (Å²) in [5, 5.41) is 6.03. The molecule has 2 heteroatoms. The van der Waals surface area contributed by atoms with Crippen molar-refractivity contribution in [2.75, 3.05) is 6.54 Å². The predicted molar refractivity (Wildman–Crippen MR) is 76.6 cm³/mol. The van der Waals surface area contributed by atoms with E-state index in [2.05, 4.69) is 37.5 Å². The number of hydrogen-bond donors (Lipinski definition) is 1. The molecule has 0 saturated heterocycles. The molecule has 1 aliphatic rings. The molecule has 2 atom stereocenters. The fourth-order valence-electron chi connectivity index (χ4n) is 2.93. The lowest BCUT2D eigenvalue weighted by molar-refractivity contribution is 0.373. The zero-order valence-corrected chi connectivity index (χ0v) is 12.1. The highest BCUT2D eigenvalue weighted by Crippen LogP contribution is 2.33. The van der Waals surface area contributed by atoms with E-state index in [0.717, 1.165) is 18.4 Å². The Morgan fingerprint density at radius 2 is 2.24 bits per heavy atom. The summed E-state index contributed by atoms with van der Waals surface area (Å²) >= 11 is 1.93. The summed E-state index contributed by atoms with van der Waals surface area (Å²) in [7, 11) is 0. The van der Waals surface area contributed by atoms with Gasteiger partial charge in [0.25, 0.3) is 0 Å². The van der Waals surface area contributed by atoms with E-state index in [4.69, 9.17) is 0 Å². The molecule has 1 nitrogen and oxygen atoms in total. The molecule has 1 aliphatic carbocycles. The van der Waals surface area contributed by atoms with Crippen molar-refractivity contribution < 1.29 is 0 Å². The standard InChI is InChI=1S/C15H25NS/c1-11(2)9-12(3)10-16-14-5-4-6-15-13(14)7-8-17-15/h7-8,11-12,14,16H,4-6,9-10H2,1-3H3. The fourth-order valence-corrected chi connectivity index (χ4v) is 3.92. The molecule has 0 aliphatic heterocycles. The number of aryl methyl sites for hydroxylation is 1. The number of rotatable bonds is 5. The van der Waals surface area contributed by atoms with Gasteiger partial charge >= 0.3 is 0 Å². The highest BCUT2D eigenvalue weighted by Gasteiger charge is 2.21. The Morgan fingerprint density at radius 1 is 1.41 bits per heavy atom. The summed E-state index contributed by atoms with van der Waals surface area (Å²) in [6.45, 7) is 8.16. The summed E-state index contributed by atoms with van der Waals surface area (Å²) in [4.78, 5) is 1.62.